The summed E-state index contributed by atoms with van der Waals surface area (Å²) in [4.78, 5) is 19.6. The van der Waals surface area contributed by atoms with Crippen molar-refractivity contribution >= 4 is 69.4 Å². The second-order valence-electron chi connectivity index (χ2n) is 8.75. The normalized spacial score (nSPS) is 13.9. The van der Waals surface area contributed by atoms with Crippen molar-refractivity contribution in [3.8, 4) is 0 Å². The molecule has 5 rings (SSSR count). The average molecular weight is 578 g/mol. The Kier molecular flexibility index (Phi) is 7.75. The standard InChI is InChI=1S/C27H21Cl4FN4O/c28-20-12-18-19-15-35(8-1-2-16-3-4-23(32)22(30)10-16)9-6-24(19)36(25(18)13-21(20)29)27(37)34-14-17-5-7-33-26(31)11-17/h1-5,7,10-13H,6,8-9,14-15H2,(H,34,37). The lowest BCUT2D eigenvalue weighted by molar-refractivity contribution is 0.240. The number of rotatable bonds is 5. The zero-order valence-corrected chi connectivity index (χ0v) is 22.5. The molecular weight excluding hydrogens is 557 g/mol. The molecule has 2 aromatic carbocycles. The molecule has 1 aliphatic heterocycles. The van der Waals surface area contributed by atoms with Gasteiger partial charge in [0.15, 0.2) is 0 Å². The van der Waals surface area contributed by atoms with Crippen LogP contribution >= 0.6 is 46.4 Å². The molecule has 4 aromatic rings. The number of fused-ring (bicyclic) bond motifs is 3. The van der Waals surface area contributed by atoms with Crippen LogP contribution < -0.4 is 5.32 Å². The summed E-state index contributed by atoms with van der Waals surface area (Å²) < 4.78 is 15.1. The number of hydrogen-bond donors (Lipinski definition) is 1. The molecule has 0 fully saturated rings. The highest BCUT2D eigenvalue weighted by Crippen LogP contribution is 2.36. The van der Waals surface area contributed by atoms with Crippen LogP contribution in [-0.2, 0) is 19.5 Å². The number of benzene rings is 2. The van der Waals surface area contributed by atoms with E-state index in [0.717, 1.165) is 34.3 Å². The smallest absolute Gasteiger partial charge is 0.326 e. The highest BCUT2D eigenvalue weighted by atomic mass is 35.5. The number of nitrogens with one attached hydrogen (secondary N) is 1. The van der Waals surface area contributed by atoms with Crippen LogP contribution in [0.5, 0.6) is 0 Å². The predicted octanol–water partition coefficient (Wildman–Crippen LogP) is 7.62. The molecule has 5 nitrogen and oxygen atoms in total. The second kappa shape index (κ2) is 11.0. The van der Waals surface area contributed by atoms with Gasteiger partial charge in [0.2, 0.25) is 0 Å². The zero-order chi connectivity index (χ0) is 26.1. The van der Waals surface area contributed by atoms with Crippen molar-refractivity contribution in [2.24, 2.45) is 0 Å². The van der Waals surface area contributed by atoms with Gasteiger partial charge in [-0.1, -0.05) is 64.6 Å². The number of halogens is 5. The van der Waals surface area contributed by atoms with Crippen LogP contribution in [-0.4, -0.2) is 33.6 Å². The molecule has 1 N–H and O–H groups in total. The molecule has 10 heteroatoms. The molecule has 0 saturated carbocycles. The maximum atomic E-state index is 13.4. The van der Waals surface area contributed by atoms with Gasteiger partial charge in [0.1, 0.15) is 11.0 Å². The quantitative estimate of drug-likeness (QED) is 0.248. The van der Waals surface area contributed by atoms with Gasteiger partial charge >= 0.3 is 6.03 Å². The second-order valence-corrected chi connectivity index (χ2v) is 10.4. The van der Waals surface area contributed by atoms with Crippen molar-refractivity contribution < 1.29 is 9.18 Å². The van der Waals surface area contributed by atoms with E-state index in [4.69, 9.17) is 46.4 Å². The molecule has 0 aliphatic carbocycles. The molecule has 0 atom stereocenters. The molecule has 0 saturated heterocycles. The molecule has 190 valence electrons. The summed E-state index contributed by atoms with van der Waals surface area (Å²) in [5, 5.41) is 5.16. The number of amides is 1. The fourth-order valence-electron chi connectivity index (χ4n) is 4.56. The third kappa shape index (κ3) is 5.64. The first kappa shape index (κ1) is 26.0. The minimum atomic E-state index is -0.439. The van der Waals surface area contributed by atoms with E-state index in [1.54, 1.807) is 41.1 Å². The summed E-state index contributed by atoms with van der Waals surface area (Å²) >= 11 is 24.6. The van der Waals surface area contributed by atoms with E-state index in [2.05, 4.69) is 15.2 Å². The zero-order valence-electron chi connectivity index (χ0n) is 19.4. The van der Waals surface area contributed by atoms with Crippen molar-refractivity contribution in [3.63, 3.8) is 0 Å². The highest BCUT2D eigenvalue weighted by Gasteiger charge is 2.27. The van der Waals surface area contributed by atoms with Crippen molar-refractivity contribution in [2.75, 3.05) is 13.1 Å². The molecule has 0 bridgehead atoms. The SMILES string of the molecule is O=C(NCc1ccnc(Cl)c1)n1c2c(c3cc(Cl)c(Cl)cc31)CN(CC=Cc1ccc(F)c(Cl)c1)CC2. The lowest BCUT2D eigenvalue weighted by Gasteiger charge is -2.27. The van der Waals surface area contributed by atoms with E-state index in [0.29, 0.717) is 46.8 Å². The number of hydrogen-bond acceptors (Lipinski definition) is 3. The Labute approximate surface area is 233 Å². The lowest BCUT2D eigenvalue weighted by atomic mass is 10.0. The van der Waals surface area contributed by atoms with Crippen LogP contribution in [0, 0.1) is 5.82 Å². The largest absolute Gasteiger partial charge is 0.333 e. The lowest BCUT2D eigenvalue weighted by Crippen LogP contribution is -2.34. The van der Waals surface area contributed by atoms with Crippen LogP contribution in [0.4, 0.5) is 9.18 Å². The summed E-state index contributed by atoms with van der Waals surface area (Å²) in [6, 6.07) is 11.5. The van der Waals surface area contributed by atoms with Crippen molar-refractivity contribution in [3.05, 3.63) is 103 Å². The van der Waals surface area contributed by atoms with Crippen molar-refractivity contribution in [1.82, 2.24) is 19.8 Å². The first-order chi connectivity index (χ1) is 17.8. The van der Waals surface area contributed by atoms with E-state index >= 15 is 0 Å². The Bertz CT molecular complexity index is 1530. The fourth-order valence-corrected chi connectivity index (χ4v) is 5.26. The molecule has 0 radical (unpaired) electrons. The van der Waals surface area contributed by atoms with Crippen LogP contribution in [0.1, 0.15) is 22.4 Å². The molecule has 2 aromatic heterocycles. The predicted molar refractivity (Wildman–Crippen MR) is 148 cm³/mol. The number of nitrogens with zero attached hydrogens (tertiary/aromatic N) is 3. The Morgan fingerprint density at radius 3 is 2.65 bits per heavy atom. The van der Waals surface area contributed by atoms with Gasteiger partial charge in [-0.15, -0.1) is 0 Å². The van der Waals surface area contributed by atoms with Gasteiger partial charge in [0.25, 0.3) is 0 Å². The number of carbonyl (C=O) groups is 1. The van der Waals surface area contributed by atoms with Gasteiger partial charge in [-0.25, -0.2) is 14.2 Å². The van der Waals surface area contributed by atoms with Gasteiger partial charge in [0.05, 0.1) is 20.6 Å². The Morgan fingerprint density at radius 2 is 1.86 bits per heavy atom. The molecule has 3 heterocycles. The van der Waals surface area contributed by atoms with Crippen molar-refractivity contribution in [1.29, 1.82) is 0 Å². The molecule has 1 amide bonds. The first-order valence-electron chi connectivity index (χ1n) is 11.5. The van der Waals surface area contributed by atoms with E-state index < -0.39 is 5.82 Å². The highest BCUT2D eigenvalue weighted by molar-refractivity contribution is 6.42. The van der Waals surface area contributed by atoms with E-state index in [9.17, 15) is 9.18 Å². The number of carbonyl (C=O) groups excluding carboxylic acids is 1. The van der Waals surface area contributed by atoms with E-state index in [1.165, 1.54) is 6.07 Å². The number of aromatic nitrogens is 2. The van der Waals surface area contributed by atoms with Crippen LogP contribution in [0.2, 0.25) is 20.2 Å². The summed E-state index contributed by atoms with van der Waals surface area (Å²) in [6.45, 7) is 2.38. The maximum absolute atomic E-state index is 13.4. The van der Waals surface area contributed by atoms with Gasteiger partial charge in [-0.05, 0) is 53.1 Å². The Balaban J connectivity index is 1.39. The summed E-state index contributed by atoms with van der Waals surface area (Å²) in [5.41, 5.74) is 4.36. The maximum Gasteiger partial charge on any atom is 0.326 e. The first-order valence-corrected chi connectivity index (χ1v) is 13.0. The van der Waals surface area contributed by atoms with E-state index in [-0.39, 0.29) is 11.1 Å². The third-order valence-corrected chi connectivity index (χ3v) is 7.54. The van der Waals surface area contributed by atoms with Crippen LogP contribution in [0.15, 0.2) is 54.7 Å². The fraction of sp³-hybridized carbons (Fsp3) is 0.185. The molecular formula is C27H21Cl4FN4O. The van der Waals surface area contributed by atoms with Crippen LogP contribution in [0.3, 0.4) is 0 Å². The van der Waals surface area contributed by atoms with Gasteiger partial charge in [0, 0.05) is 49.9 Å². The monoisotopic (exact) mass is 576 g/mol. The third-order valence-electron chi connectivity index (χ3n) is 6.32. The van der Waals surface area contributed by atoms with Gasteiger partial charge < -0.3 is 5.32 Å². The Morgan fingerprint density at radius 1 is 1.05 bits per heavy atom. The minimum absolute atomic E-state index is 0.0958. The molecule has 37 heavy (non-hydrogen) atoms. The van der Waals surface area contributed by atoms with E-state index in [1.807, 2.05) is 18.2 Å². The van der Waals surface area contributed by atoms with Gasteiger partial charge in [-0.3, -0.25) is 9.47 Å². The summed E-state index contributed by atoms with van der Waals surface area (Å²) in [6.07, 6.45) is 6.21. The minimum Gasteiger partial charge on any atom is -0.333 e. The van der Waals surface area contributed by atoms with Gasteiger partial charge in [-0.2, -0.15) is 0 Å². The number of pyridine rings is 1. The molecule has 1 aliphatic rings. The Hall–Kier alpha value is -2.61. The molecule has 0 spiro atoms. The van der Waals surface area contributed by atoms with Crippen LogP contribution in [0.25, 0.3) is 17.0 Å². The topological polar surface area (TPSA) is 50.2 Å². The summed E-state index contributed by atoms with van der Waals surface area (Å²) in [7, 11) is 0. The molecule has 0 unspecified atom stereocenters. The van der Waals surface area contributed by atoms with Crippen molar-refractivity contribution in [2.45, 2.75) is 19.5 Å². The summed E-state index contributed by atoms with van der Waals surface area (Å²) in [5.74, 6) is -0.439. The average Bonchev–Trinajstić information content (AvgIpc) is 3.17.